The Hall–Kier alpha value is -2.60. The zero-order chi connectivity index (χ0) is 28.8. The number of hydrogen-bond acceptors (Lipinski definition) is 3. The van der Waals surface area contributed by atoms with Gasteiger partial charge in [-0.25, -0.2) is 0 Å². The van der Waals surface area contributed by atoms with Gasteiger partial charge >= 0.3 is 0 Å². The molecule has 0 saturated carbocycles. The number of benzene rings is 1. The van der Waals surface area contributed by atoms with E-state index >= 15 is 0 Å². The maximum Gasteiger partial charge on any atom is 0.253 e. The summed E-state index contributed by atoms with van der Waals surface area (Å²) in [5, 5.41) is 16.0. The van der Waals surface area contributed by atoms with Crippen molar-refractivity contribution in [1.82, 2.24) is 15.2 Å². The lowest BCUT2D eigenvalue weighted by atomic mass is 9.84. The largest absolute Gasteiger partial charge is 0.389 e. The molecular formula is C32H51N3O3. The van der Waals surface area contributed by atoms with Crippen molar-refractivity contribution in [3.8, 4) is 11.3 Å². The van der Waals surface area contributed by atoms with Gasteiger partial charge in [-0.05, 0) is 87.8 Å². The quantitative estimate of drug-likeness (QED) is 0.272. The van der Waals surface area contributed by atoms with Crippen molar-refractivity contribution in [1.29, 1.82) is 0 Å². The molecule has 2 amide bonds. The molecule has 1 atom stereocenters. The van der Waals surface area contributed by atoms with Crippen LogP contribution < -0.4 is 10.6 Å². The maximum atomic E-state index is 13.2. The van der Waals surface area contributed by atoms with Crippen LogP contribution in [0.15, 0.2) is 24.3 Å². The molecule has 1 unspecified atom stereocenters. The van der Waals surface area contributed by atoms with Gasteiger partial charge in [0.05, 0.1) is 11.2 Å². The summed E-state index contributed by atoms with van der Waals surface area (Å²) >= 11 is 0. The van der Waals surface area contributed by atoms with Crippen LogP contribution in [0.4, 0.5) is 0 Å². The summed E-state index contributed by atoms with van der Waals surface area (Å²) in [4.78, 5) is 26.3. The van der Waals surface area contributed by atoms with Gasteiger partial charge in [-0.2, -0.15) is 0 Å². The summed E-state index contributed by atoms with van der Waals surface area (Å²) < 4.78 is 2.24. The highest BCUT2D eigenvalue weighted by atomic mass is 16.3. The van der Waals surface area contributed by atoms with Gasteiger partial charge in [0, 0.05) is 36.1 Å². The minimum absolute atomic E-state index is 0.0328. The molecule has 38 heavy (non-hydrogen) atoms. The van der Waals surface area contributed by atoms with E-state index < -0.39 is 5.60 Å². The number of carbonyl (C=O) groups is 2. The van der Waals surface area contributed by atoms with Crippen LogP contribution >= 0.6 is 0 Å². The number of amides is 2. The van der Waals surface area contributed by atoms with Crippen LogP contribution in [0.25, 0.3) is 11.3 Å². The first kappa shape index (κ1) is 31.6. The highest BCUT2D eigenvalue weighted by Crippen LogP contribution is 2.33. The second-order valence-corrected chi connectivity index (χ2v) is 12.9. The molecule has 0 spiro atoms. The molecular weight excluding hydrogens is 474 g/mol. The van der Waals surface area contributed by atoms with Gasteiger partial charge < -0.3 is 20.3 Å². The SMILES string of the molecule is CCCCCC(C)Cn1c(-c2cc(C(=O)NC(C)C)cc(C(C)(C)C)c2)cc(C(=O)NCC(C)(C)O)c1C. The number of nitrogens with one attached hydrogen (secondary N) is 2. The zero-order valence-corrected chi connectivity index (χ0v) is 25.4. The van der Waals surface area contributed by atoms with Gasteiger partial charge in [-0.3, -0.25) is 9.59 Å². The highest BCUT2D eigenvalue weighted by molar-refractivity contribution is 5.98. The number of rotatable bonds is 12. The molecule has 0 saturated heterocycles. The number of aliphatic hydroxyl groups is 1. The van der Waals surface area contributed by atoms with E-state index in [1.165, 1.54) is 19.3 Å². The topological polar surface area (TPSA) is 83.4 Å². The Morgan fingerprint density at radius 1 is 0.974 bits per heavy atom. The molecule has 0 aliphatic carbocycles. The van der Waals surface area contributed by atoms with E-state index in [4.69, 9.17) is 0 Å². The van der Waals surface area contributed by atoms with E-state index in [0.717, 1.165) is 35.5 Å². The summed E-state index contributed by atoms with van der Waals surface area (Å²) in [7, 11) is 0. The van der Waals surface area contributed by atoms with E-state index in [0.29, 0.717) is 17.0 Å². The fourth-order valence-corrected chi connectivity index (χ4v) is 4.57. The third-order valence-corrected chi connectivity index (χ3v) is 6.86. The van der Waals surface area contributed by atoms with Crippen molar-refractivity contribution in [3.63, 3.8) is 0 Å². The van der Waals surface area contributed by atoms with Crippen LogP contribution in [0.3, 0.4) is 0 Å². The Morgan fingerprint density at radius 2 is 1.63 bits per heavy atom. The van der Waals surface area contributed by atoms with Gasteiger partial charge in [-0.15, -0.1) is 0 Å². The molecule has 2 rings (SSSR count). The van der Waals surface area contributed by atoms with Crippen LogP contribution in [-0.2, 0) is 12.0 Å². The Bertz CT molecular complexity index is 1100. The summed E-state index contributed by atoms with van der Waals surface area (Å²) in [5.74, 6) is 0.138. The second kappa shape index (κ2) is 13.0. The fraction of sp³-hybridized carbons (Fsp3) is 0.625. The third-order valence-electron chi connectivity index (χ3n) is 6.86. The third kappa shape index (κ3) is 9.00. The lowest BCUT2D eigenvalue weighted by molar-refractivity contribution is 0.0694. The molecule has 6 nitrogen and oxygen atoms in total. The monoisotopic (exact) mass is 525 g/mol. The highest BCUT2D eigenvalue weighted by Gasteiger charge is 2.24. The summed E-state index contributed by atoms with van der Waals surface area (Å²) in [5.41, 5.74) is 3.89. The molecule has 0 aliphatic rings. The number of aromatic nitrogens is 1. The summed E-state index contributed by atoms with van der Waals surface area (Å²) in [6, 6.07) is 8.05. The first-order valence-electron chi connectivity index (χ1n) is 14.2. The minimum Gasteiger partial charge on any atom is -0.389 e. The van der Waals surface area contributed by atoms with Crippen molar-refractivity contribution in [2.24, 2.45) is 5.92 Å². The lowest BCUT2D eigenvalue weighted by Gasteiger charge is -2.23. The number of nitrogens with zero attached hydrogens (tertiary/aromatic N) is 1. The van der Waals surface area contributed by atoms with E-state index in [-0.39, 0.29) is 29.8 Å². The van der Waals surface area contributed by atoms with E-state index in [9.17, 15) is 14.7 Å². The van der Waals surface area contributed by atoms with Crippen molar-refractivity contribution in [2.45, 2.75) is 119 Å². The van der Waals surface area contributed by atoms with Gasteiger partial charge in [-0.1, -0.05) is 53.9 Å². The van der Waals surface area contributed by atoms with Crippen LogP contribution in [0.2, 0.25) is 0 Å². The first-order chi connectivity index (χ1) is 17.5. The lowest BCUT2D eigenvalue weighted by Crippen LogP contribution is -2.38. The van der Waals surface area contributed by atoms with Crippen LogP contribution in [0.5, 0.6) is 0 Å². The van der Waals surface area contributed by atoms with Crippen LogP contribution in [0.1, 0.15) is 120 Å². The van der Waals surface area contributed by atoms with Gasteiger partial charge in [0.2, 0.25) is 0 Å². The Labute approximate surface area is 230 Å². The van der Waals surface area contributed by atoms with Gasteiger partial charge in [0.1, 0.15) is 0 Å². The molecule has 0 fully saturated rings. The van der Waals surface area contributed by atoms with E-state index in [1.807, 2.05) is 39.0 Å². The molecule has 0 bridgehead atoms. The van der Waals surface area contributed by atoms with Crippen molar-refractivity contribution >= 4 is 11.8 Å². The maximum absolute atomic E-state index is 13.2. The molecule has 6 heteroatoms. The molecule has 2 aromatic rings. The molecule has 1 aromatic heterocycles. The Morgan fingerprint density at radius 3 is 2.18 bits per heavy atom. The smallest absolute Gasteiger partial charge is 0.253 e. The van der Waals surface area contributed by atoms with Crippen LogP contribution in [0, 0.1) is 12.8 Å². The standard InChI is InChI=1S/C32H51N3O3/c1-11-12-13-14-22(4)19-35-23(5)27(30(37)33-20-32(9,10)38)18-28(35)24-15-25(29(36)34-21(2)3)17-26(16-24)31(6,7)8/h15-18,21-22,38H,11-14,19-20H2,1-10H3,(H,33,37)(H,34,36). The minimum atomic E-state index is -0.998. The van der Waals surface area contributed by atoms with E-state index in [2.05, 4.69) is 55.9 Å². The second-order valence-electron chi connectivity index (χ2n) is 12.9. The molecule has 1 heterocycles. The Kier molecular flexibility index (Phi) is 10.8. The average Bonchev–Trinajstić information content (AvgIpc) is 3.12. The number of hydrogen-bond donors (Lipinski definition) is 3. The normalized spacial score (nSPS) is 13.1. The predicted molar refractivity (Wildman–Crippen MR) is 158 cm³/mol. The molecule has 3 N–H and O–H groups in total. The van der Waals surface area contributed by atoms with Crippen molar-refractivity contribution < 1.29 is 14.7 Å². The van der Waals surface area contributed by atoms with Crippen LogP contribution in [-0.4, -0.2) is 39.7 Å². The summed E-state index contributed by atoms with van der Waals surface area (Å²) in [6.45, 7) is 21.1. The van der Waals surface area contributed by atoms with Gasteiger partial charge in [0.25, 0.3) is 11.8 Å². The molecule has 0 aliphatic heterocycles. The van der Waals surface area contributed by atoms with E-state index in [1.54, 1.807) is 13.8 Å². The number of unbranched alkanes of at least 4 members (excludes halogenated alkanes) is 2. The van der Waals surface area contributed by atoms with Gasteiger partial charge in [0.15, 0.2) is 0 Å². The predicted octanol–water partition coefficient (Wildman–Crippen LogP) is 6.62. The first-order valence-corrected chi connectivity index (χ1v) is 14.2. The number of carbonyl (C=O) groups excluding carboxylic acids is 2. The Balaban J connectivity index is 2.65. The summed E-state index contributed by atoms with van der Waals surface area (Å²) in [6.07, 6.45) is 4.71. The van der Waals surface area contributed by atoms with Crippen molar-refractivity contribution in [3.05, 3.63) is 46.6 Å². The zero-order valence-electron chi connectivity index (χ0n) is 25.4. The molecule has 1 aromatic carbocycles. The molecule has 212 valence electrons. The molecule has 0 radical (unpaired) electrons. The fourth-order valence-electron chi connectivity index (χ4n) is 4.57. The van der Waals surface area contributed by atoms with Crippen molar-refractivity contribution in [2.75, 3.05) is 6.54 Å². The average molecular weight is 526 g/mol.